The molecule has 0 aliphatic heterocycles. The van der Waals surface area contributed by atoms with E-state index in [-0.39, 0.29) is 37.5 Å². The second kappa shape index (κ2) is 4.85. The topological polar surface area (TPSA) is 42.2 Å². The van der Waals surface area contributed by atoms with Crippen molar-refractivity contribution in [1.82, 2.24) is 5.32 Å². The van der Waals surface area contributed by atoms with E-state index in [4.69, 9.17) is 4.42 Å². The van der Waals surface area contributed by atoms with Crippen LogP contribution in [0.3, 0.4) is 0 Å². The summed E-state index contributed by atoms with van der Waals surface area (Å²) >= 11 is 0. The number of nitrogens with one attached hydrogen (secondary N) is 1. The molecule has 1 heterocycles. The molecule has 3 nitrogen and oxygen atoms in total. The van der Waals surface area contributed by atoms with E-state index in [9.17, 15) is 13.6 Å². The van der Waals surface area contributed by atoms with Gasteiger partial charge in [0, 0.05) is 18.8 Å². The van der Waals surface area contributed by atoms with Crippen LogP contribution >= 0.6 is 0 Å². The van der Waals surface area contributed by atoms with Crippen LogP contribution in [0.5, 0.6) is 0 Å². The maximum Gasteiger partial charge on any atom is 0.248 e. The average Bonchev–Trinajstić information content (AvgIpc) is 2.78. The molecule has 1 aliphatic rings. The minimum atomic E-state index is -2.59. The van der Waals surface area contributed by atoms with E-state index in [0.29, 0.717) is 12.3 Å². The van der Waals surface area contributed by atoms with Crippen molar-refractivity contribution in [2.45, 2.75) is 38.2 Å². The van der Waals surface area contributed by atoms with Crippen LogP contribution in [-0.2, 0) is 11.3 Å². The lowest BCUT2D eigenvalue weighted by Crippen LogP contribution is -2.35. The molecule has 1 saturated carbocycles. The lowest BCUT2D eigenvalue weighted by atomic mass is 9.86. The van der Waals surface area contributed by atoms with Gasteiger partial charge in [0.2, 0.25) is 11.8 Å². The highest BCUT2D eigenvalue weighted by Crippen LogP contribution is 2.36. The summed E-state index contributed by atoms with van der Waals surface area (Å²) in [6.07, 6.45) is 1.67. The van der Waals surface area contributed by atoms with Gasteiger partial charge in [-0.2, -0.15) is 0 Å². The molecule has 0 aromatic carbocycles. The Morgan fingerprint density at radius 3 is 2.76 bits per heavy atom. The van der Waals surface area contributed by atoms with Crippen LogP contribution in [0.25, 0.3) is 0 Å². The summed E-state index contributed by atoms with van der Waals surface area (Å²) < 4.78 is 30.9. The van der Waals surface area contributed by atoms with Crippen LogP contribution in [0.1, 0.15) is 31.4 Å². The molecule has 1 amide bonds. The van der Waals surface area contributed by atoms with E-state index in [2.05, 4.69) is 5.32 Å². The first-order chi connectivity index (χ1) is 8.07. The molecule has 94 valence electrons. The van der Waals surface area contributed by atoms with Crippen LogP contribution in [-0.4, -0.2) is 11.8 Å². The van der Waals surface area contributed by atoms with Crippen LogP contribution in [0.4, 0.5) is 8.78 Å². The van der Waals surface area contributed by atoms with Gasteiger partial charge in [0.05, 0.1) is 12.8 Å². The van der Waals surface area contributed by atoms with Gasteiger partial charge in [0.25, 0.3) is 0 Å². The van der Waals surface area contributed by atoms with Gasteiger partial charge in [-0.25, -0.2) is 8.78 Å². The summed E-state index contributed by atoms with van der Waals surface area (Å²) in [6, 6.07) is 3.50. The highest BCUT2D eigenvalue weighted by molar-refractivity contribution is 5.78. The predicted octanol–water partition coefficient (Wildman–Crippen LogP) is 2.72. The van der Waals surface area contributed by atoms with Crippen LogP contribution < -0.4 is 5.32 Å². The number of alkyl halides is 2. The predicted molar refractivity (Wildman–Crippen MR) is 57.5 cm³/mol. The van der Waals surface area contributed by atoms with Crippen LogP contribution in [0.2, 0.25) is 0 Å². The number of amides is 1. The third-order valence-corrected chi connectivity index (χ3v) is 3.10. The number of halogens is 2. The van der Waals surface area contributed by atoms with Gasteiger partial charge in [-0.05, 0) is 25.0 Å². The van der Waals surface area contributed by atoms with Gasteiger partial charge in [-0.15, -0.1) is 0 Å². The third-order valence-electron chi connectivity index (χ3n) is 3.10. The molecule has 1 aliphatic carbocycles. The summed E-state index contributed by atoms with van der Waals surface area (Å²) in [7, 11) is 0. The minimum absolute atomic E-state index is 0.156. The van der Waals surface area contributed by atoms with Crippen molar-refractivity contribution in [2.24, 2.45) is 5.92 Å². The Labute approximate surface area is 98.2 Å². The molecular weight excluding hydrogens is 228 g/mol. The maximum atomic E-state index is 12.9. The van der Waals surface area contributed by atoms with Crippen LogP contribution in [0, 0.1) is 5.92 Å². The standard InChI is InChI=1S/C12H15F2NO2/c13-12(14)5-3-9(4-6-12)11(16)15-8-10-2-1-7-17-10/h1-2,7,9H,3-6,8H2,(H,15,16). The Balaban J connectivity index is 1.77. The van der Waals surface area contributed by atoms with E-state index in [1.165, 1.54) is 6.26 Å². The zero-order chi connectivity index (χ0) is 12.3. The number of hydrogen-bond donors (Lipinski definition) is 1. The second-order valence-corrected chi connectivity index (χ2v) is 4.43. The zero-order valence-electron chi connectivity index (χ0n) is 9.42. The summed E-state index contributed by atoms with van der Waals surface area (Å²) in [5, 5.41) is 2.70. The molecule has 5 heteroatoms. The first-order valence-electron chi connectivity index (χ1n) is 5.75. The summed E-state index contributed by atoms with van der Waals surface area (Å²) in [5.74, 6) is -2.36. The number of hydrogen-bond acceptors (Lipinski definition) is 2. The van der Waals surface area contributed by atoms with E-state index in [1.54, 1.807) is 12.1 Å². The van der Waals surface area contributed by atoms with Gasteiger partial charge < -0.3 is 9.73 Å². The Morgan fingerprint density at radius 2 is 2.18 bits per heavy atom. The van der Waals surface area contributed by atoms with Crippen molar-refractivity contribution in [1.29, 1.82) is 0 Å². The average molecular weight is 243 g/mol. The van der Waals surface area contributed by atoms with Crippen molar-refractivity contribution in [3.63, 3.8) is 0 Å². The van der Waals surface area contributed by atoms with E-state index in [1.807, 2.05) is 0 Å². The summed E-state index contributed by atoms with van der Waals surface area (Å²) in [6.45, 7) is 0.318. The molecule has 1 N–H and O–H groups in total. The summed E-state index contributed by atoms with van der Waals surface area (Å²) in [5.41, 5.74) is 0. The summed E-state index contributed by atoms with van der Waals surface area (Å²) in [4.78, 5) is 11.7. The smallest absolute Gasteiger partial charge is 0.248 e. The highest BCUT2D eigenvalue weighted by Gasteiger charge is 2.37. The van der Waals surface area contributed by atoms with Gasteiger partial charge in [0.15, 0.2) is 0 Å². The second-order valence-electron chi connectivity index (χ2n) is 4.43. The molecule has 0 atom stereocenters. The van der Waals surface area contributed by atoms with E-state index in [0.717, 1.165) is 0 Å². The Hall–Kier alpha value is -1.39. The molecule has 0 unspecified atom stereocenters. The fourth-order valence-corrected chi connectivity index (χ4v) is 2.03. The molecule has 0 saturated heterocycles. The number of rotatable bonds is 3. The minimum Gasteiger partial charge on any atom is -0.467 e. The Morgan fingerprint density at radius 1 is 1.47 bits per heavy atom. The van der Waals surface area contributed by atoms with E-state index >= 15 is 0 Å². The zero-order valence-corrected chi connectivity index (χ0v) is 9.42. The number of carbonyl (C=O) groups excluding carboxylic acids is 1. The Bertz CT molecular complexity index is 366. The molecule has 1 aromatic heterocycles. The molecule has 0 bridgehead atoms. The van der Waals surface area contributed by atoms with Gasteiger partial charge in [-0.1, -0.05) is 0 Å². The molecule has 2 rings (SSSR count). The lowest BCUT2D eigenvalue weighted by Gasteiger charge is -2.27. The first kappa shape index (κ1) is 12.1. The van der Waals surface area contributed by atoms with Crippen molar-refractivity contribution in [3.05, 3.63) is 24.2 Å². The first-order valence-corrected chi connectivity index (χ1v) is 5.75. The normalized spacial score (nSPS) is 20.1. The molecule has 0 spiro atoms. The number of carbonyl (C=O) groups is 1. The van der Waals surface area contributed by atoms with Crippen molar-refractivity contribution >= 4 is 5.91 Å². The van der Waals surface area contributed by atoms with Crippen molar-refractivity contribution in [3.8, 4) is 0 Å². The number of furan rings is 1. The highest BCUT2D eigenvalue weighted by atomic mass is 19.3. The van der Waals surface area contributed by atoms with Gasteiger partial charge >= 0.3 is 0 Å². The maximum absolute atomic E-state index is 12.9. The van der Waals surface area contributed by atoms with Crippen molar-refractivity contribution < 1.29 is 18.0 Å². The quantitative estimate of drug-likeness (QED) is 0.886. The van der Waals surface area contributed by atoms with Crippen molar-refractivity contribution in [2.75, 3.05) is 0 Å². The lowest BCUT2D eigenvalue weighted by molar-refractivity contribution is -0.129. The third kappa shape index (κ3) is 3.28. The molecule has 0 radical (unpaired) electrons. The molecule has 1 fully saturated rings. The Kier molecular flexibility index (Phi) is 3.45. The molecule has 1 aromatic rings. The largest absolute Gasteiger partial charge is 0.467 e. The fourth-order valence-electron chi connectivity index (χ4n) is 2.03. The van der Waals surface area contributed by atoms with Gasteiger partial charge in [0.1, 0.15) is 5.76 Å². The monoisotopic (exact) mass is 243 g/mol. The van der Waals surface area contributed by atoms with Gasteiger partial charge in [-0.3, -0.25) is 4.79 Å². The van der Waals surface area contributed by atoms with E-state index < -0.39 is 5.92 Å². The molecule has 17 heavy (non-hydrogen) atoms. The molecular formula is C12H15F2NO2. The van der Waals surface area contributed by atoms with Crippen LogP contribution in [0.15, 0.2) is 22.8 Å². The fraction of sp³-hybridized carbons (Fsp3) is 0.583. The SMILES string of the molecule is O=C(NCc1ccco1)C1CCC(F)(F)CC1.